The quantitative estimate of drug-likeness (QED) is 0.408. The van der Waals surface area contributed by atoms with E-state index in [1.807, 2.05) is 12.1 Å². The lowest BCUT2D eigenvalue weighted by molar-refractivity contribution is -0.599. The summed E-state index contributed by atoms with van der Waals surface area (Å²) in [5.41, 5.74) is 0.0704. The molecule has 2 rings (SSSR count). The third-order valence-electron chi connectivity index (χ3n) is 2.56. The van der Waals surface area contributed by atoms with E-state index in [9.17, 15) is 15.4 Å². The van der Waals surface area contributed by atoms with E-state index < -0.39 is 4.92 Å². The normalized spacial score (nSPS) is 9.20. The van der Waals surface area contributed by atoms with E-state index in [1.165, 1.54) is 7.05 Å². The molecular formula is C12H10ClN5O2. The van der Waals surface area contributed by atoms with Crippen molar-refractivity contribution in [2.24, 2.45) is 0 Å². The van der Waals surface area contributed by atoms with Crippen LogP contribution in [0.15, 0.2) is 36.8 Å². The molecule has 0 atom stereocenters. The fourth-order valence-electron chi connectivity index (χ4n) is 1.72. The summed E-state index contributed by atoms with van der Waals surface area (Å²) >= 11 is 0. The molecule has 0 amide bonds. The van der Waals surface area contributed by atoms with Gasteiger partial charge in [-0.15, -0.1) is 0 Å². The first-order chi connectivity index (χ1) is 9.19. The molecule has 0 saturated carbocycles. The maximum absolute atomic E-state index is 10.9. The van der Waals surface area contributed by atoms with Gasteiger partial charge in [0, 0.05) is 7.05 Å². The van der Waals surface area contributed by atoms with Crippen molar-refractivity contribution in [2.45, 2.75) is 0 Å². The van der Waals surface area contributed by atoms with Gasteiger partial charge in [-0.1, -0.05) is 6.07 Å². The van der Waals surface area contributed by atoms with E-state index in [2.05, 4.69) is 10.3 Å². The highest BCUT2D eigenvalue weighted by atomic mass is 35.5. The molecule has 20 heavy (non-hydrogen) atoms. The monoisotopic (exact) mass is 291 g/mol. The Kier molecular flexibility index (Phi) is 4.94. The van der Waals surface area contributed by atoms with Crippen LogP contribution in [0.3, 0.4) is 0 Å². The van der Waals surface area contributed by atoms with E-state index >= 15 is 0 Å². The van der Waals surface area contributed by atoms with Crippen LogP contribution in [0.1, 0.15) is 5.56 Å². The topological polar surface area (TPSA) is 95.7 Å². The number of nitro groups is 1. The van der Waals surface area contributed by atoms with Crippen LogP contribution in [0, 0.1) is 21.4 Å². The van der Waals surface area contributed by atoms with Gasteiger partial charge >= 0.3 is 11.5 Å². The van der Waals surface area contributed by atoms with Gasteiger partial charge in [-0.05, 0) is 17.1 Å². The number of nitrogens with one attached hydrogen (secondary N) is 1. The fourth-order valence-corrected chi connectivity index (χ4v) is 1.72. The molecule has 102 valence electrons. The Morgan fingerprint density at radius 1 is 1.40 bits per heavy atom. The van der Waals surface area contributed by atoms with Gasteiger partial charge in [0.05, 0.1) is 17.3 Å². The third kappa shape index (κ3) is 2.65. The standard InChI is InChI=1S/C12H10N5O2.ClH/c1-14-11-9(7-13)12(15-8-10(11)17(18)19)16-5-3-2-4-6-16;/h2-6,8H,1H3,(H,14,15);1H/q+1;/p-1. The Morgan fingerprint density at radius 2 is 2.05 bits per heavy atom. The van der Waals surface area contributed by atoms with Gasteiger partial charge in [0.2, 0.25) is 6.20 Å². The van der Waals surface area contributed by atoms with Gasteiger partial charge in [0.15, 0.2) is 5.56 Å². The molecule has 0 bridgehead atoms. The van der Waals surface area contributed by atoms with Gasteiger partial charge < -0.3 is 17.7 Å². The second-order valence-corrected chi connectivity index (χ2v) is 3.62. The summed E-state index contributed by atoms with van der Waals surface area (Å²) in [4.78, 5) is 14.3. The minimum Gasteiger partial charge on any atom is -1.00 e. The SMILES string of the molecule is CNc1c([N+](=O)[O-])cnc(-[n+]2ccccc2)c1C#N.[Cl-]. The molecule has 0 aliphatic heterocycles. The van der Waals surface area contributed by atoms with E-state index in [-0.39, 0.29) is 29.3 Å². The van der Waals surface area contributed by atoms with Crippen molar-refractivity contribution in [1.29, 1.82) is 5.26 Å². The molecule has 0 spiro atoms. The molecule has 1 N–H and O–H groups in total. The number of nitrogens with zero attached hydrogens (tertiary/aromatic N) is 4. The Balaban J connectivity index is 0.00000200. The average molecular weight is 292 g/mol. The molecule has 8 heteroatoms. The molecule has 0 aromatic carbocycles. The molecular weight excluding hydrogens is 282 g/mol. The van der Waals surface area contributed by atoms with Crippen molar-refractivity contribution >= 4 is 11.4 Å². The van der Waals surface area contributed by atoms with Gasteiger partial charge in [0.1, 0.15) is 11.8 Å². The maximum atomic E-state index is 10.9. The molecule has 0 radical (unpaired) electrons. The fraction of sp³-hybridized carbons (Fsp3) is 0.0833. The maximum Gasteiger partial charge on any atom is 0.348 e. The molecule has 0 aliphatic rings. The van der Waals surface area contributed by atoms with Crippen LogP contribution in [0.2, 0.25) is 0 Å². The number of hydrogen-bond donors (Lipinski definition) is 1. The number of halogens is 1. The molecule has 7 nitrogen and oxygen atoms in total. The Hall–Kier alpha value is -2.72. The van der Waals surface area contributed by atoms with Crippen LogP contribution in [0.25, 0.3) is 5.82 Å². The lowest BCUT2D eigenvalue weighted by atomic mass is 10.2. The predicted molar refractivity (Wildman–Crippen MR) is 66.7 cm³/mol. The summed E-state index contributed by atoms with van der Waals surface area (Å²) in [7, 11) is 1.53. The van der Waals surface area contributed by atoms with Crippen molar-refractivity contribution in [3.8, 4) is 11.9 Å². The first-order valence-corrected chi connectivity index (χ1v) is 5.41. The summed E-state index contributed by atoms with van der Waals surface area (Å²) in [5, 5.41) is 22.8. The number of aromatic nitrogens is 2. The summed E-state index contributed by atoms with van der Waals surface area (Å²) < 4.78 is 1.63. The zero-order valence-electron chi connectivity index (χ0n) is 10.4. The minimum atomic E-state index is -0.570. The van der Waals surface area contributed by atoms with E-state index in [1.54, 1.807) is 29.1 Å². The highest BCUT2D eigenvalue weighted by Gasteiger charge is 2.27. The largest absolute Gasteiger partial charge is 1.00 e. The Labute approximate surface area is 121 Å². The molecule has 2 aromatic heterocycles. The highest BCUT2D eigenvalue weighted by Crippen LogP contribution is 2.28. The van der Waals surface area contributed by atoms with Crippen LogP contribution in [-0.4, -0.2) is 17.0 Å². The minimum absolute atomic E-state index is 0. The van der Waals surface area contributed by atoms with Crippen molar-refractivity contribution < 1.29 is 21.9 Å². The smallest absolute Gasteiger partial charge is 0.348 e. The zero-order chi connectivity index (χ0) is 13.8. The second kappa shape index (κ2) is 6.45. The zero-order valence-corrected chi connectivity index (χ0v) is 11.2. The van der Waals surface area contributed by atoms with Crippen molar-refractivity contribution in [1.82, 2.24) is 4.98 Å². The molecule has 0 unspecified atom stereocenters. The van der Waals surface area contributed by atoms with Gasteiger partial charge in [0.25, 0.3) is 0 Å². The number of nitriles is 1. The van der Waals surface area contributed by atoms with Crippen LogP contribution in [0.4, 0.5) is 11.4 Å². The summed E-state index contributed by atoms with van der Waals surface area (Å²) in [6.07, 6.45) is 4.57. The summed E-state index contributed by atoms with van der Waals surface area (Å²) in [6.45, 7) is 0. The predicted octanol–water partition coefficient (Wildman–Crippen LogP) is -1.82. The van der Waals surface area contributed by atoms with Gasteiger partial charge in [-0.25, -0.2) is 4.57 Å². The lowest BCUT2D eigenvalue weighted by Gasteiger charge is -2.04. The van der Waals surface area contributed by atoms with Gasteiger partial charge in [-0.2, -0.15) is 5.26 Å². The average Bonchev–Trinajstić information content (AvgIpc) is 2.46. The molecule has 0 aliphatic carbocycles. The third-order valence-corrected chi connectivity index (χ3v) is 2.56. The number of pyridine rings is 2. The summed E-state index contributed by atoms with van der Waals surface area (Å²) in [5.74, 6) is 0.345. The van der Waals surface area contributed by atoms with Crippen LogP contribution in [0.5, 0.6) is 0 Å². The Morgan fingerprint density at radius 3 is 2.55 bits per heavy atom. The van der Waals surface area contributed by atoms with Crippen LogP contribution >= 0.6 is 0 Å². The van der Waals surface area contributed by atoms with E-state index in [4.69, 9.17) is 0 Å². The van der Waals surface area contributed by atoms with Gasteiger partial charge in [-0.3, -0.25) is 10.1 Å². The Bertz CT molecular complexity index is 670. The molecule has 2 aromatic rings. The molecule has 2 heterocycles. The second-order valence-electron chi connectivity index (χ2n) is 3.62. The first-order valence-electron chi connectivity index (χ1n) is 5.41. The highest BCUT2D eigenvalue weighted by molar-refractivity contribution is 5.71. The summed E-state index contributed by atoms with van der Waals surface area (Å²) in [6, 6.07) is 7.35. The molecule has 0 fully saturated rings. The van der Waals surface area contributed by atoms with Crippen molar-refractivity contribution in [2.75, 3.05) is 12.4 Å². The first kappa shape index (κ1) is 15.3. The van der Waals surface area contributed by atoms with Crippen LogP contribution < -0.4 is 22.3 Å². The molecule has 0 saturated heterocycles. The number of rotatable bonds is 3. The number of hydrogen-bond acceptors (Lipinski definition) is 5. The van der Waals surface area contributed by atoms with Crippen LogP contribution in [-0.2, 0) is 0 Å². The lowest BCUT2D eigenvalue weighted by Crippen LogP contribution is -3.00. The van der Waals surface area contributed by atoms with Crippen molar-refractivity contribution in [3.05, 3.63) is 52.5 Å². The van der Waals surface area contributed by atoms with Crippen molar-refractivity contribution in [3.63, 3.8) is 0 Å². The van der Waals surface area contributed by atoms with E-state index in [0.29, 0.717) is 5.82 Å². The van der Waals surface area contributed by atoms with E-state index in [0.717, 1.165) is 6.20 Å². The number of anilines is 1.